The zero-order chi connectivity index (χ0) is 52.8. The summed E-state index contributed by atoms with van der Waals surface area (Å²) in [6, 6.07) is 6.99. The number of ether oxygens (including phenoxy) is 5. The molecule has 4 aromatic heterocycles. The zero-order valence-corrected chi connectivity index (χ0v) is 45.8. The highest BCUT2D eigenvalue weighted by molar-refractivity contribution is 6.42. The number of hydrogen-bond donors (Lipinski definition) is 2. The molecule has 0 bridgehead atoms. The summed E-state index contributed by atoms with van der Waals surface area (Å²) in [5.74, 6) is 2.46. The monoisotopic (exact) mass is 1090 g/mol. The van der Waals surface area contributed by atoms with Crippen LogP contribution in [0.2, 0.25) is 25.4 Å². The minimum Gasteiger partial charge on any atom is -0.495 e. The summed E-state index contributed by atoms with van der Waals surface area (Å²) >= 11 is 32.0. The van der Waals surface area contributed by atoms with Gasteiger partial charge in [0.1, 0.15) is 39.9 Å². The first-order chi connectivity index (χ1) is 34.2. The fourth-order valence-electron chi connectivity index (χ4n) is 8.96. The van der Waals surface area contributed by atoms with Gasteiger partial charge in [-0.25, -0.2) is 9.97 Å². The predicted octanol–water partition coefficient (Wildman–Crippen LogP) is 11.7. The lowest BCUT2D eigenvalue weighted by Gasteiger charge is -2.24. The number of nitrogens with zero attached hydrogens (tertiary/aromatic N) is 6. The molecule has 0 saturated heterocycles. The number of carbonyl (C=O) groups is 1. The Balaban J connectivity index is 0.000000219. The van der Waals surface area contributed by atoms with E-state index in [1.54, 1.807) is 41.2 Å². The molecule has 0 aliphatic heterocycles. The average molecular weight is 1090 g/mol. The molecule has 21 heteroatoms. The Morgan fingerprint density at radius 1 is 0.694 bits per heavy atom. The number of nitrogens with one attached hydrogen (secondary N) is 1. The number of hydrogen-bond acceptors (Lipinski definition) is 14. The van der Waals surface area contributed by atoms with Gasteiger partial charge in [-0.2, -0.15) is 9.97 Å². The molecule has 2 saturated carbocycles. The molecule has 2 aliphatic carbocycles. The third-order valence-corrected chi connectivity index (χ3v) is 14.4. The van der Waals surface area contributed by atoms with Crippen LogP contribution in [0, 0.1) is 11.8 Å². The van der Waals surface area contributed by atoms with Crippen LogP contribution in [-0.4, -0.2) is 81.2 Å². The highest BCUT2D eigenvalue weighted by atomic mass is 35.5. The van der Waals surface area contributed by atoms with Gasteiger partial charge in [-0.3, -0.25) is 23.5 Å². The maximum absolute atomic E-state index is 13.7. The second-order valence-electron chi connectivity index (χ2n) is 18.5. The van der Waals surface area contributed by atoms with Crippen molar-refractivity contribution in [3.63, 3.8) is 0 Å². The minimum absolute atomic E-state index is 0.0258. The number of carbonyl (C=O) groups excluding carboxylic acids is 1. The van der Waals surface area contributed by atoms with E-state index in [0.717, 1.165) is 25.2 Å². The summed E-state index contributed by atoms with van der Waals surface area (Å²) < 4.78 is 29.9. The first kappa shape index (κ1) is 56.2. The smallest absolute Gasteiger partial charge is 0.306 e. The van der Waals surface area contributed by atoms with Gasteiger partial charge in [0.15, 0.2) is 0 Å². The van der Waals surface area contributed by atoms with Crippen LogP contribution >= 0.6 is 58.0 Å². The third-order valence-electron chi connectivity index (χ3n) is 12.7. The molecule has 0 radical (unpaired) electrons. The van der Waals surface area contributed by atoms with E-state index in [9.17, 15) is 14.4 Å². The Kier molecular flexibility index (Phi) is 19.0. The van der Waals surface area contributed by atoms with Crippen molar-refractivity contribution >= 4 is 92.0 Å². The first-order valence-corrected chi connectivity index (χ1v) is 25.5. The van der Waals surface area contributed by atoms with Gasteiger partial charge < -0.3 is 34.7 Å². The van der Waals surface area contributed by atoms with Crippen molar-refractivity contribution in [3.8, 4) is 45.3 Å². The van der Waals surface area contributed by atoms with Crippen molar-refractivity contribution in [3.05, 3.63) is 82.7 Å². The number of aryl methyl sites for hydroxylation is 2. The van der Waals surface area contributed by atoms with Gasteiger partial charge in [-0.05, 0) is 95.9 Å². The number of pyridine rings is 2. The van der Waals surface area contributed by atoms with Gasteiger partial charge in [0.25, 0.3) is 11.1 Å². The summed E-state index contributed by atoms with van der Waals surface area (Å²) in [6.07, 6.45) is 10.3. The van der Waals surface area contributed by atoms with Crippen LogP contribution in [0.1, 0.15) is 86.5 Å². The molecule has 2 fully saturated rings. The Morgan fingerprint density at radius 2 is 1.15 bits per heavy atom. The van der Waals surface area contributed by atoms with Crippen LogP contribution in [0.3, 0.4) is 0 Å². The molecule has 4 atom stereocenters. The molecule has 2 aliphatic rings. The van der Waals surface area contributed by atoms with E-state index in [2.05, 4.69) is 27.2 Å². The highest BCUT2D eigenvalue weighted by Crippen LogP contribution is 2.47. The first-order valence-electron chi connectivity index (χ1n) is 23.6. The van der Waals surface area contributed by atoms with E-state index < -0.39 is 5.60 Å². The lowest BCUT2D eigenvalue weighted by Crippen LogP contribution is -2.30. The normalized spacial score (nSPS) is 17.4. The summed E-state index contributed by atoms with van der Waals surface area (Å²) in [6.45, 7) is 12.3. The van der Waals surface area contributed by atoms with Crippen LogP contribution in [0.4, 0.5) is 5.95 Å². The molecule has 388 valence electrons. The Morgan fingerprint density at radius 3 is 1.56 bits per heavy atom. The van der Waals surface area contributed by atoms with E-state index in [0.29, 0.717) is 87.7 Å². The van der Waals surface area contributed by atoms with Gasteiger partial charge in [0.05, 0.1) is 66.1 Å². The van der Waals surface area contributed by atoms with Crippen molar-refractivity contribution < 1.29 is 28.5 Å². The molecule has 4 heterocycles. The lowest BCUT2D eigenvalue weighted by atomic mass is 9.99. The summed E-state index contributed by atoms with van der Waals surface area (Å²) in [5.41, 5.74) is 6.68. The Hall–Kier alpha value is -5.10. The van der Waals surface area contributed by atoms with Gasteiger partial charge >= 0.3 is 5.97 Å². The molecular weight excluding hydrogens is 1030 g/mol. The molecular formula is C51H61Cl5N8O8. The van der Waals surface area contributed by atoms with E-state index in [1.165, 1.54) is 52.3 Å². The highest BCUT2D eigenvalue weighted by Gasteiger charge is 2.32. The van der Waals surface area contributed by atoms with Crippen molar-refractivity contribution in [1.29, 1.82) is 0 Å². The molecule has 6 aromatic rings. The standard InChI is InChI=1S/C28H34Cl2N4O5.C17H14Cl3N3O3.C6H13N/c1-7-34-25-16(11-17(26(34)36)22-23(29)19(37-5)13-20(38-6)24(22)30)14-31-27(33-25)32-18-10-8-9-15(18)12-21(35)39-28(2,3)4;1-4-23-15-8(7-21-17(20)22-15)5-9(16(23)24)12-13(18)10(25-2)6-11(26-3)14(12)19;1-5-3-2-4-6(5)7/h11,13-15,18H,7-10,12H2,1-6H3,(H,31,32,33);5-7H,4H2,1-3H3;5-6H,2-4,7H2,1H3/t15-,18?;;5-,6+/m1.0/s1. The average Bonchev–Trinajstić information content (AvgIpc) is 3.94. The molecule has 16 nitrogen and oxygen atoms in total. The third kappa shape index (κ3) is 12.4. The second kappa shape index (κ2) is 24.3. The minimum atomic E-state index is -0.521. The quantitative estimate of drug-likeness (QED) is 0.0867. The summed E-state index contributed by atoms with van der Waals surface area (Å²) in [5, 5.41) is 5.57. The van der Waals surface area contributed by atoms with Gasteiger partial charge in [-0.15, -0.1) is 0 Å². The fraction of sp³-hybridized carbons (Fsp3) is 0.471. The number of halogens is 5. The topological polar surface area (TPSA) is 197 Å². The van der Waals surface area contributed by atoms with Gasteiger partial charge in [-0.1, -0.05) is 66.2 Å². The van der Waals surface area contributed by atoms with Crippen LogP contribution in [0.25, 0.3) is 44.3 Å². The number of anilines is 1. The number of esters is 1. The Labute approximate surface area is 443 Å². The van der Waals surface area contributed by atoms with Crippen molar-refractivity contribution in [2.75, 3.05) is 33.8 Å². The van der Waals surface area contributed by atoms with Gasteiger partial charge in [0, 0.05) is 71.6 Å². The number of methoxy groups -OCH3 is 4. The molecule has 1 unspecified atom stereocenters. The molecule has 8 rings (SSSR count). The summed E-state index contributed by atoms with van der Waals surface area (Å²) in [7, 11) is 5.90. The van der Waals surface area contributed by atoms with Gasteiger partial charge in [0.2, 0.25) is 11.2 Å². The van der Waals surface area contributed by atoms with E-state index in [1.807, 2.05) is 34.6 Å². The van der Waals surface area contributed by atoms with Crippen molar-refractivity contribution in [2.45, 2.75) is 117 Å². The molecule has 3 N–H and O–H groups in total. The van der Waals surface area contributed by atoms with E-state index in [4.69, 9.17) is 92.4 Å². The van der Waals surface area contributed by atoms with E-state index in [-0.39, 0.29) is 65.5 Å². The fourth-order valence-corrected chi connectivity index (χ4v) is 10.5. The maximum Gasteiger partial charge on any atom is 0.306 e. The van der Waals surface area contributed by atoms with Crippen molar-refractivity contribution in [1.82, 2.24) is 29.1 Å². The molecule has 2 aromatic carbocycles. The largest absolute Gasteiger partial charge is 0.495 e. The molecule has 72 heavy (non-hydrogen) atoms. The molecule has 0 amide bonds. The number of fused-ring (bicyclic) bond motifs is 2. The van der Waals surface area contributed by atoms with Crippen LogP contribution in [0.5, 0.6) is 23.0 Å². The number of aromatic nitrogens is 6. The van der Waals surface area contributed by atoms with Crippen LogP contribution in [-0.2, 0) is 22.6 Å². The van der Waals surface area contributed by atoms with Crippen LogP contribution in [0.15, 0.2) is 46.2 Å². The van der Waals surface area contributed by atoms with Crippen molar-refractivity contribution in [2.24, 2.45) is 17.6 Å². The molecule has 0 spiro atoms. The predicted molar refractivity (Wildman–Crippen MR) is 287 cm³/mol. The zero-order valence-electron chi connectivity index (χ0n) is 42.1. The number of rotatable bonds is 12. The Bertz CT molecular complexity index is 3010. The summed E-state index contributed by atoms with van der Waals surface area (Å²) in [4.78, 5) is 56.6. The maximum atomic E-state index is 13.7. The lowest BCUT2D eigenvalue weighted by molar-refractivity contribution is -0.156. The number of benzene rings is 2. The van der Waals surface area contributed by atoms with Crippen LogP contribution < -0.4 is 41.1 Å². The van der Waals surface area contributed by atoms with E-state index >= 15 is 0 Å². The second-order valence-corrected chi connectivity index (χ2v) is 20.3. The number of nitrogens with two attached hydrogens (primary N) is 1. The SMILES string of the molecule is CCn1c(=O)c(-c2c(Cl)c(OC)cc(OC)c2Cl)cc2cnc(Cl)nc21.CCn1c(=O)c(-c2c(Cl)c(OC)cc(OC)c2Cl)cc2cnc(NC3CCC[C@@H]3CC(=O)OC(C)(C)C)nc21.C[C@H]1CCC[C@H]1N.